The minimum absolute atomic E-state index is 0.0785. The summed E-state index contributed by atoms with van der Waals surface area (Å²) in [5.74, 6) is 0.738. The molecule has 1 heterocycles. The lowest BCUT2D eigenvalue weighted by Crippen LogP contribution is -2.29. The highest BCUT2D eigenvalue weighted by molar-refractivity contribution is 7.14. The van der Waals surface area contributed by atoms with Crippen LogP contribution in [-0.4, -0.2) is 36.5 Å². The van der Waals surface area contributed by atoms with Gasteiger partial charge in [0.15, 0.2) is 5.13 Å². The number of benzene rings is 2. The van der Waals surface area contributed by atoms with Crippen molar-refractivity contribution in [3.63, 3.8) is 0 Å². The lowest BCUT2D eigenvalue weighted by Gasteiger charge is -2.16. The van der Waals surface area contributed by atoms with E-state index in [0.29, 0.717) is 11.7 Å². The lowest BCUT2D eigenvalue weighted by molar-refractivity contribution is -0.117. The van der Waals surface area contributed by atoms with Gasteiger partial charge in [-0.2, -0.15) is 0 Å². The molecule has 0 saturated carbocycles. The van der Waals surface area contributed by atoms with Gasteiger partial charge in [-0.15, -0.1) is 11.3 Å². The highest BCUT2D eigenvalue weighted by Crippen LogP contribution is 2.25. The van der Waals surface area contributed by atoms with Crippen LogP contribution in [0.3, 0.4) is 0 Å². The van der Waals surface area contributed by atoms with E-state index in [0.717, 1.165) is 22.6 Å². The first-order valence-electron chi connectivity index (χ1n) is 8.67. The number of methoxy groups -OCH3 is 1. The number of aryl methyl sites for hydroxylation is 1. The van der Waals surface area contributed by atoms with Crippen molar-refractivity contribution < 1.29 is 9.53 Å². The first kappa shape index (κ1) is 19.1. The van der Waals surface area contributed by atoms with Gasteiger partial charge in [0, 0.05) is 17.5 Å². The van der Waals surface area contributed by atoms with E-state index in [1.54, 1.807) is 7.11 Å². The van der Waals surface area contributed by atoms with E-state index in [9.17, 15) is 4.79 Å². The molecule has 3 aromatic rings. The number of aromatic nitrogens is 1. The molecule has 2 aromatic carbocycles. The normalized spacial score (nSPS) is 10.8. The van der Waals surface area contributed by atoms with Gasteiger partial charge < -0.3 is 10.1 Å². The molecule has 0 aliphatic rings. The second-order valence-electron chi connectivity index (χ2n) is 6.48. The molecule has 1 aromatic heterocycles. The van der Waals surface area contributed by atoms with Crippen LogP contribution < -0.4 is 10.1 Å². The number of likely N-dealkylation sites (N-methyl/N-ethyl adjacent to an activating group) is 1. The van der Waals surface area contributed by atoms with Gasteiger partial charge in [-0.25, -0.2) is 4.98 Å². The Hall–Kier alpha value is -2.70. The summed E-state index contributed by atoms with van der Waals surface area (Å²) in [6, 6.07) is 16.0. The average Bonchev–Trinajstić information content (AvgIpc) is 3.10. The van der Waals surface area contributed by atoms with Crippen molar-refractivity contribution in [1.29, 1.82) is 0 Å². The van der Waals surface area contributed by atoms with Crippen molar-refractivity contribution in [1.82, 2.24) is 9.88 Å². The van der Waals surface area contributed by atoms with Gasteiger partial charge in [0.25, 0.3) is 0 Å². The number of nitrogens with one attached hydrogen (secondary N) is 1. The molecule has 1 N–H and O–H groups in total. The molecule has 0 fully saturated rings. The van der Waals surface area contributed by atoms with Crippen molar-refractivity contribution in [2.75, 3.05) is 26.0 Å². The maximum Gasteiger partial charge on any atom is 0.240 e. The van der Waals surface area contributed by atoms with Gasteiger partial charge >= 0.3 is 0 Å². The average molecular weight is 382 g/mol. The van der Waals surface area contributed by atoms with E-state index in [1.165, 1.54) is 16.9 Å². The van der Waals surface area contributed by atoms with Gasteiger partial charge in [0.2, 0.25) is 5.91 Å². The molecule has 0 aliphatic heterocycles. The Balaban J connectivity index is 1.55. The fourth-order valence-electron chi connectivity index (χ4n) is 2.73. The molecule has 0 atom stereocenters. The number of rotatable bonds is 7. The molecule has 140 valence electrons. The van der Waals surface area contributed by atoms with Gasteiger partial charge in [0.1, 0.15) is 5.75 Å². The van der Waals surface area contributed by atoms with Crippen LogP contribution in [-0.2, 0) is 11.3 Å². The zero-order valence-electron chi connectivity index (χ0n) is 15.7. The quantitative estimate of drug-likeness (QED) is 0.666. The molecule has 6 heteroatoms. The Morgan fingerprint density at radius 3 is 2.74 bits per heavy atom. The smallest absolute Gasteiger partial charge is 0.240 e. The molecular formula is C21H23N3O2S. The van der Waals surface area contributed by atoms with E-state index < -0.39 is 0 Å². The second kappa shape index (κ2) is 8.79. The monoisotopic (exact) mass is 381 g/mol. The van der Waals surface area contributed by atoms with Crippen LogP contribution in [0.4, 0.5) is 5.13 Å². The Labute approximate surface area is 163 Å². The molecule has 1 amide bonds. The minimum atomic E-state index is -0.0785. The summed E-state index contributed by atoms with van der Waals surface area (Å²) in [5.41, 5.74) is 4.23. The Kier molecular flexibility index (Phi) is 6.21. The van der Waals surface area contributed by atoms with E-state index >= 15 is 0 Å². The van der Waals surface area contributed by atoms with Crippen LogP contribution in [0.5, 0.6) is 5.75 Å². The molecule has 0 bridgehead atoms. The number of hydrogen-bond donors (Lipinski definition) is 1. The van der Waals surface area contributed by atoms with Crippen LogP contribution >= 0.6 is 11.3 Å². The van der Waals surface area contributed by atoms with Crippen molar-refractivity contribution in [3.05, 3.63) is 65.0 Å². The number of amides is 1. The number of hydrogen-bond acceptors (Lipinski definition) is 5. The summed E-state index contributed by atoms with van der Waals surface area (Å²) in [6.07, 6.45) is 0. The van der Waals surface area contributed by atoms with E-state index in [4.69, 9.17) is 4.74 Å². The van der Waals surface area contributed by atoms with Crippen molar-refractivity contribution in [3.8, 4) is 17.0 Å². The molecule has 0 spiro atoms. The third-order valence-corrected chi connectivity index (χ3v) is 4.86. The van der Waals surface area contributed by atoms with Crippen molar-refractivity contribution >= 4 is 22.4 Å². The van der Waals surface area contributed by atoms with Gasteiger partial charge in [-0.1, -0.05) is 42.0 Å². The second-order valence-corrected chi connectivity index (χ2v) is 7.33. The molecule has 0 aliphatic carbocycles. The SMILES string of the molecule is COc1cccc(CN(C)CC(=O)Nc2nc(-c3ccc(C)cc3)cs2)c1. The van der Waals surface area contributed by atoms with Crippen LogP contribution in [0.25, 0.3) is 11.3 Å². The van der Waals surface area contributed by atoms with E-state index in [-0.39, 0.29) is 12.5 Å². The number of anilines is 1. The Bertz CT molecular complexity index is 906. The summed E-state index contributed by atoms with van der Waals surface area (Å²) in [5, 5.41) is 5.46. The lowest BCUT2D eigenvalue weighted by atomic mass is 10.1. The highest BCUT2D eigenvalue weighted by Gasteiger charge is 2.11. The topological polar surface area (TPSA) is 54.5 Å². The molecule has 5 nitrogen and oxygen atoms in total. The molecular weight excluding hydrogens is 358 g/mol. The van der Waals surface area contributed by atoms with Crippen LogP contribution in [0, 0.1) is 6.92 Å². The number of thiazole rings is 1. The van der Waals surface area contributed by atoms with Gasteiger partial charge in [-0.05, 0) is 31.7 Å². The Morgan fingerprint density at radius 2 is 2.00 bits per heavy atom. The van der Waals surface area contributed by atoms with Crippen LogP contribution in [0.2, 0.25) is 0 Å². The highest BCUT2D eigenvalue weighted by atomic mass is 32.1. The summed E-state index contributed by atoms with van der Waals surface area (Å²) in [4.78, 5) is 18.8. The first-order valence-corrected chi connectivity index (χ1v) is 9.55. The van der Waals surface area contributed by atoms with Crippen molar-refractivity contribution in [2.24, 2.45) is 0 Å². The van der Waals surface area contributed by atoms with Gasteiger partial charge in [0.05, 0.1) is 19.3 Å². The first-order chi connectivity index (χ1) is 13.0. The fraction of sp³-hybridized carbons (Fsp3) is 0.238. The maximum atomic E-state index is 12.3. The maximum absolute atomic E-state index is 12.3. The van der Waals surface area contributed by atoms with Crippen LogP contribution in [0.1, 0.15) is 11.1 Å². The molecule has 0 radical (unpaired) electrons. The minimum Gasteiger partial charge on any atom is -0.497 e. The number of carbonyl (C=O) groups excluding carboxylic acids is 1. The molecule has 27 heavy (non-hydrogen) atoms. The van der Waals surface area contributed by atoms with Gasteiger partial charge in [-0.3, -0.25) is 9.69 Å². The zero-order chi connectivity index (χ0) is 19.2. The molecule has 0 unspecified atom stereocenters. The number of ether oxygens (including phenoxy) is 1. The number of nitrogens with zero attached hydrogens (tertiary/aromatic N) is 2. The largest absolute Gasteiger partial charge is 0.497 e. The van der Waals surface area contributed by atoms with E-state index in [1.807, 2.05) is 53.7 Å². The van der Waals surface area contributed by atoms with Crippen molar-refractivity contribution in [2.45, 2.75) is 13.5 Å². The predicted molar refractivity (Wildman–Crippen MR) is 110 cm³/mol. The summed E-state index contributed by atoms with van der Waals surface area (Å²) in [7, 11) is 3.56. The third-order valence-electron chi connectivity index (χ3n) is 4.10. The fourth-order valence-corrected chi connectivity index (χ4v) is 3.47. The predicted octanol–water partition coefficient (Wildman–Crippen LogP) is 4.20. The summed E-state index contributed by atoms with van der Waals surface area (Å²) >= 11 is 1.43. The zero-order valence-corrected chi connectivity index (χ0v) is 16.5. The molecule has 0 saturated heterocycles. The third kappa shape index (κ3) is 5.39. The van der Waals surface area contributed by atoms with E-state index in [2.05, 4.69) is 29.4 Å². The summed E-state index contributed by atoms with van der Waals surface area (Å²) < 4.78 is 5.24. The standard InChI is InChI=1S/C21H23N3O2S/c1-15-7-9-17(10-8-15)19-14-27-21(22-19)23-20(25)13-24(2)12-16-5-4-6-18(11-16)26-3/h4-11,14H,12-13H2,1-3H3,(H,22,23,25). The van der Waals surface area contributed by atoms with Crippen LogP contribution in [0.15, 0.2) is 53.9 Å². The molecule has 3 rings (SSSR count). The Morgan fingerprint density at radius 1 is 1.22 bits per heavy atom. The number of carbonyl (C=O) groups is 1. The summed E-state index contributed by atoms with van der Waals surface area (Å²) in [6.45, 7) is 3.01.